The molecule has 2 aliphatic rings. The van der Waals surface area contributed by atoms with E-state index >= 15 is 0 Å². The smallest absolute Gasteiger partial charge is 0.256 e. The van der Waals surface area contributed by atoms with Crippen molar-refractivity contribution >= 4 is 60.9 Å². The molecule has 1 N–H and O–H groups in total. The Labute approximate surface area is 162 Å². The Morgan fingerprint density at radius 3 is 2.48 bits per heavy atom. The Morgan fingerprint density at radius 1 is 1.16 bits per heavy atom. The lowest BCUT2D eigenvalue weighted by Crippen LogP contribution is -2.03. The molecule has 5 heteroatoms. The highest BCUT2D eigenvalue weighted by molar-refractivity contribution is 9.11. The summed E-state index contributed by atoms with van der Waals surface area (Å²) in [6.45, 7) is 2.01. The molecular weight excluding hydrogens is 446 g/mol. The number of carbonyl (C=O) groups is 2. The van der Waals surface area contributed by atoms with Crippen LogP contribution < -0.4 is 5.32 Å². The molecule has 0 saturated heterocycles. The van der Waals surface area contributed by atoms with Gasteiger partial charge in [-0.3, -0.25) is 9.59 Å². The van der Waals surface area contributed by atoms with Crippen LogP contribution in [0.4, 0.5) is 5.69 Å². The molecule has 0 radical (unpaired) electrons. The van der Waals surface area contributed by atoms with Gasteiger partial charge in [0, 0.05) is 37.3 Å². The van der Waals surface area contributed by atoms with Crippen LogP contribution in [0.25, 0.3) is 11.6 Å². The number of fused-ring (bicyclic) bond motifs is 1. The molecule has 0 aromatic heterocycles. The van der Waals surface area contributed by atoms with Gasteiger partial charge in [-0.2, -0.15) is 0 Å². The number of ketones is 1. The number of hydrogen-bond acceptors (Lipinski definition) is 2. The first-order valence-corrected chi connectivity index (χ1v) is 9.70. The Balaban J connectivity index is 1.78. The first-order valence-electron chi connectivity index (χ1n) is 8.11. The lowest BCUT2D eigenvalue weighted by molar-refractivity contribution is -0.110. The molecule has 1 amide bonds. The Kier molecular flexibility index (Phi) is 4.16. The van der Waals surface area contributed by atoms with Gasteiger partial charge < -0.3 is 5.32 Å². The van der Waals surface area contributed by atoms with E-state index < -0.39 is 0 Å². The molecule has 4 rings (SSSR count). The number of nitrogens with one attached hydrogen (secondary N) is 1. The van der Waals surface area contributed by atoms with E-state index in [1.165, 1.54) is 0 Å². The van der Waals surface area contributed by atoms with Gasteiger partial charge in [0.1, 0.15) is 0 Å². The Hall–Kier alpha value is -1.72. The number of halogens is 2. The summed E-state index contributed by atoms with van der Waals surface area (Å²) < 4.78 is 1.95. The number of hydrogen-bond donors (Lipinski definition) is 1. The van der Waals surface area contributed by atoms with Crippen LogP contribution in [-0.4, -0.2) is 11.7 Å². The summed E-state index contributed by atoms with van der Waals surface area (Å²) in [5.74, 6) is 0.209. The van der Waals surface area contributed by atoms with Gasteiger partial charge in [-0.15, -0.1) is 0 Å². The maximum absolute atomic E-state index is 12.4. The van der Waals surface area contributed by atoms with Gasteiger partial charge in [0.2, 0.25) is 0 Å². The summed E-state index contributed by atoms with van der Waals surface area (Å²) in [4.78, 5) is 24.8. The maximum atomic E-state index is 12.4. The van der Waals surface area contributed by atoms with Gasteiger partial charge in [-0.05, 0) is 67.3 Å². The SMILES string of the molecule is Cc1c(Br)cc(/C=C2\C(=O)Nc3ccc(C(=O)C4CC4)cc32)cc1Br. The minimum Gasteiger partial charge on any atom is -0.321 e. The monoisotopic (exact) mass is 459 g/mol. The summed E-state index contributed by atoms with van der Waals surface area (Å²) in [5, 5.41) is 2.88. The molecule has 1 heterocycles. The van der Waals surface area contributed by atoms with Crippen LogP contribution in [0.3, 0.4) is 0 Å². The van der Waals surface area contributed by atoms with Crippen molar-refractivity contribution in [2.75, 3.05) is 5.32 Å². The van der Waals surface area contributed by atoms with E-state index in [0.717, 1.165) is 44.2 Å². The minimum atomic E-state index is -0.140. The molecule has 1 aliphatic carbocycles. The van der Waals surface area contributed by atoms with Crippen molar-refractivity contribution in [2.24, 2.45) is 5.92 Å². The van der Waals surface area contributed by atoms with Gasteiger partial charge in [-0.1, -0.05) is 31.9 Å². The van der Waals surface area contributed by atoms with E-state index in [1.54, 1.807) is 0 Å². The van der Waals surface area contributed by atoms with E-state index in [4.69, 9.17) is 0 Å². The molecule has 2 aromatic carbocycles. The van der Waals surface area contributed by atoms with E-state index in [2.05, 4.69) is 37.2 Å². The second-order valence-electron chi connectivity index (χ2n) is 6.52. The van der Waals surface area contributed by atoms with Crippen LogP contribution >= 0.6 is 31.9 Å². The predicted molar refractivity (Wildman–Crippen MR) is 107 cm³/mol. The van der Waals surface area contributed by atoms with E-state index in [9.17, 15) is 9.59 Å². The molecule has 2 aromatic rings. The molecule has 1 fully saturated rings. The maximum Gasteiger partial charge on any atom is 0.256 e. The quantitative estimate of drug-likeness (QED) is 0.478. The molecule has 0 unspecified atom stereocenters. The first-order chi connectivity index (χ1) is 11.9. The van der Waals surface area contributed by atoms with Gasteiger partial charge in [-0.25, -0.2) is 0 Å². The fourth-order valence-corrected chi connectivity index (χ4v) is 4.20. The van der Waals surface area contributed by atoms with Crippen LogP contribution in [0.2, 0.25) is 0 Å². The largest absolute Gasteiger partial charge is 0.321 e. The Morgan fingerprint density at radius 2 is 1.84 bits per heavy atom. The molecule has 0 bridgehead atoms. The van der Waals surface area contributed by atoms with Crippen LogP contribution in [0.5, 0.6) is 0 Å². The summed E-state index contributed by atoms with van der Waals surface area (Å²) in [5.41, 5.74) is 4.85. The third-order valence-electron chi connectivity index (χ3n) is 4.65. The standard InChI is InChI=1S/C20H15Br2NO2/c1-10-16(21)7-11(8-17(10)22)6-15-14-9-13(19(24)12-2-3-12)4-5-18(14)23-20(15)25/h4-9,12H,2-3H2,1H3,(H,23,25)/b15-6-. The van der Waals surface area contributed by atoms with Crippen LogP contribution in [0, 0.1) is 12.8 Å². The zero-order valence-electron chi connectivity index (χ0n) is 13.5. The average molecular weight is 461 g/mol. The van der Waals surface area contributed by atoms with Crippen molar-refractivity contribution in [3.05, 3.63) is 61.5 Å². The lowest BCUT2D eigenvalue weighted by Gasteiger charge is -2.06. The topological polar surface area (TPSA) is 46.2 Å². The van der Waals surface area contributed by atoms with E-state index in [1.807, 2.05) is 43.3 Å². The van der Waals surface area contributed by atoms with Crippen molar-refractivity contribution in [1.82, 2.24) is 0 Å². The molecule has 3 nitrogen and oxygen atoms in total. The number of rotatable bonds is 3. The highest BCUT2D eigenvalue weighted by atomic mass is 79.9. The summed E-state index contributed by atoms with van der Waals surface area (Å²) in [6.07, 6.45) is 3.81. The van der Waals surface area contributed by atoms with Crippen LogP contribution in [0.15, 0.2) is 39.3 Å². The van der Waals surface area contributed by atoms with E-state index in [0.29, 0.717) is 11.1 Å². The second kappa shape index (κ2) is 6.22. The average Bonchev–Trinajstić information content (AvgIpc) is 3.38. The number of benzene rings is 2. The number of amides is 1. The third kappa shape index (κ3) is 3.11. The lowest BCUT2D eigenvalue weighted by atomic mass is 9.98. The highest BCUT2D eigenvalue weighted by Gasteiger charge is 2.32. The molecule has 25 heavy (non-hydrogen) atoms. The molecule has 1 saturated carbocycles. The minimum absolute atomic E-state index is 0.140. The molecule has 0 atom stereocenters. The van der Waals surface area contributed by atoms with Gasteiger partial charge in [0.15, 0.2) is 5.78 Å². The van der Waals surface area contributed by atoms with Crippen molar-refractivity contribution in [2.45, 2.75) is 19.8 Å². The second-order valence-corrected chi connectivity index (χ2v) is 8.23. The number of Topliss-reactive ketones (excluding diaryl/α,β-unsaturated/α-hetero) is 1. The van der Waals surface area contributed by atoms with Crippen molar-refractivity contribution in [3.8, 4) is 0 Å². The number of anilines is 1. The predicted octanol–water partition coefficient (Wildman–Crippen LogP) is 5.61. The van der Waals surface area contributed by atoms with Crippen molar-refractivity contribution < 1.29 is 9.59 Å². The Bertz CT molecular complexity index is 935. The normalized spacial score (nSPS) is 17.6. The molecule has 126 valence electrons. The fraction of sp³-hybridized carbons (Fsp3) is 0.200. The highest BCUT2D eigenvalue weighted by Crippen LogP contribution is 2.38. The van der Waals surface area contributed by atoms with E-state index in [-0.39, 0.29) is 17.6 Å². The summed E-state index contributed by atoms with van der Waals surface area (Å²) >= 11 is 7.08. The van der Waals surface area contributed by atoms with Gasteiger partial charge in [0.25, 0.3) is 5.91 Å². The van der Waals surface area contributed by atoms with Crippen LogP contribution in [0.1, 0.15) is 39.9 Å². The van der Waals surface area contributed by atoms with Crippen molar-refractivity contribution in [3.63, 3.8) is 0 Å². The number of carbonyl (C=O) groups excluding carboxylic acids is 2. The summed E-state index contributed by atoms with van der Waals surface area (Å²) in [7, 11) is 0. The molecule has 0 spiro atoms. The van der Waals surface area contributed by atoms with Gasteiger partial charge >= 0.3 is 0 Å². The zero-order valence-corrected chi connectivity index (χ0v) is 16.7. The van der Waals surface area contributed by atoms with Crippen molar-refractivity contribution in [1.29, 1.82) is 0 Å². The first kappa shape index (κ1) is 16.7. The zero-order chi connectivity index (χ0) is 17.7. The van der Waals surface area contributed by atoms with Gasteiger partial charge in [0.05, 0.1) is 0 Å². The van der Waals surface area contributed by atoms with Crippen LogP contribution in [-0.2, 0) is 4.79 Å². The third-order valence-corrected chi connectivity index (χ3v) is 6.30. The molecular formula is C20H15Br2NO2. The summed E-state index contributed by atoms with van der Waals surface area (Å²) in [6, 6.07) is 9.44. The fourth-order valence-electron chi connectivity index (χ4n) is 2.98. The molecule has 1 aliphatic heterocycles.